The number of esters is 1. The molecule has 0 saturated carbocycles. The molecular formula is C15H20N2O2S. The highest BCUT2D eigenvalue weighted by Gasteiger charge is 2.16. The van der Waals surface area contributed by atoms with E-state index in [4.69, 9.17) is 0 Å². The summed E-state index contributed by atoms with van der Waals surface area (Å²) in [5, 5.41) is 5.63. The quantitative estimate of drug-likeness (QED) is 0.803. The number of nitrogens with one attached hydrogen (secondary N) is 2. The third kappa shape index (κ3) is 3.49. The smallest absolute Gasteiger partial charge is 0.354 e. The third-order valence-electron chi connectivity index (χ3n) is 3.18. The molecule has 1 atom stereocenters. The molecule has 2 heterocycles. The van der Waals surface area contributed by atoms with Crippen LogP contribution >= 0.6 is 11.3 Å². The van der Waals surface area contributed by atoms with Gasteiger partial charge in [-0.2, -0.15) is 0 Å². The van der Waals surface area contributed by atoms with Gasteiger partial charge in [0.05, 0.1) is 7.11 Å². The monoisotopic (exact) mass is 292 g/mol. The van der Waals surface area contributed by atoms with Crippen molar-refractivity contribution in [3.8, 4) is 0 Å². The Morgan fingerprint density at radius 3 is 2.80 bits per heavy atom. The molecule has 1 unspecified atom stereocenters. The molecule has 0 aliphatic heterocycles. The van der Waals surface area contributed by atoms with Crippen molar-refractivity contribution in [2.24, 2.45) is 5.92 Å². The van der Waals surface area contributed by atoms with Crippen LogP contribution < -0.4 is 5.32 Å². The van der Waals surface area contributed by atoms with Gasteiger partial charge >= 0.3 is 5.97 Å². The average Bonchev–Trinajstić information content (AvgIpc) is 3.09. The van der Waals surface area contributed by atoms with E-state index < -0.39 is 0 Å². The Morgan fingerprint density at radius 2 is 2.20 bits per heavy atom. The second kappa shape index (κ2) is 6.72. The van der Waals surface area contributed by atoms with Crippen LogP contribution in [0.1, 0.15) is 40.9 Å². The van der Waals surface area contributed by atoms with Crippen LogP contribution in [-0.2, 0) is 11.3 Å². The highest BCUT2D eigenvalue weighted by atomic mass is 32.1. The van der Waals surface area contributed by atoms with Gasteiger partial charge in [0.15, 0.2) is 0 Å². The lowest BCUT2D eigenvalue weighted by molar-refractivity contribution is 0.0594. The average molecular weight is 292 g/mol. The zero-order valence-corrected chi connectivity index (χ0v) is 12.8. The summed E-state index contributed by atoms with van der Waals surface area (Å²) in [6, 6.07) is 8.20. The first-order chi connectivity index (χ1) is 9.61. The number of thiophene rings is 1. The van der Waals surface area contributed by atoms with Crippen LogP contribution in [0.25, 0.3) is 0 Å². The zero-order valence-electron chi connectivity index (χ0n) is 12.0. The highest BCUT2D eigenvalue weighted by molar-refractivity contribution is 7.10. The maximum atomic E-state index is 11.4. The predicted octanol–water partition coefficient (Wildman–Crippen LogP) is 3.35. The normalized spacial score (nSPS) is 12.6. The summed E-state index contributed by atoms with van der Waals surface area (Å²) < 4.78 is 4.68. The number of hydrogen-bond donors (Lipinski definition) is 2. The van der Waals surface area contributed by atoms with Crippen molar-refractivity contribution in [3.63, 3.8) is 0 Å². The fraction of sp³-hybridized carbons (Fsp3) is 0.400. The molecule has 2 aromatic rings. The standard InChI is InChI=1S/C15H20N2O2S/c1-10(2)14(13-5-4-8-20-13)16-9-11-6-7-12(17-11)15(18)19-3/h4-8,10,14,16-17H,9H2,1-3H3. The minimum absolute atomic E-state index is 0.319. The topological polar surface area (TPSA) is 54.1 Å². The Balaban J connectivity index is 1.99. The highest BCUT2D eigenvalue weighted by Crippen LogP contribution is 2.26. The van der Waals surface area contributed by atoms with E-state index in [9.17, 15) is 4.79 Å². The number of carbonyl (C=O) groups excluding carboxylic acids is 1. The SMILES string of the molecule is COC(=O)c1ccc(CNC(c2cccs2)C(C)C)[nH]1. The fourth-order valence-electron chi connectivity index (χ4n) is 2.13. The van der Waals surface area contributed by atoms with Gasteiger partial charge in [-0.15, -0.1) is 11.3 Å². The van der Waals surface area contributed by atoms with E-state index in [1.807, 2.05) is 6.07 Å². The molecule has 20 heavy (non-hydrogen) atoms. The van der Waals surface area contributed by atoms with E-state index in [1.54, 1.807) is 17.4 Å². The van der Waals surface area contributed by atoms with Gasteiger partial charge in [-0.25, -0.2) is 4.79 Å². The minimum atomic E-state index is -0.338. The summed E-state index contributed by atoms with van der Waals surface area (Å²) in [5.41, 5.74) is 1.47. The molecule has 0 aromatic carbocycles. The van der Waals surface area contributed by atoms with Gasteiger partial charge < -0.3 is 15.0 Å². The Hall–Kier alpha value is -1.59. The van der Waals surface area contributed by atoms with E-state index in [0.29, 0.717) is 24.2 Å². The first kappa shape index (κ1) is 14.8. The van der Waals surface area contributed by atoms with Crippen molar-refractivity contribution in [3.05, 3.63) is 45.9 Å². The lowest BCUT2D eigenvalue weighted by Crippen LogP contribution is -2.24. The Kier molecular flexibility index (Phi) is 4.98. The van der Waals surface area contributed by atoms with Gasteiger partial charge in [0, 0.05) is 23.2 Å². The molecule has 0 amide bonds. The number of ether oxygens (including phenoxy) is 1. The lowest BCUT2D eigenvalue weighted by atomic mass is 10.0. The van der Waals surface area contributed by atoms with Gasteiger partial charge in [-0.1, -0.05) is 19.9 Å². The van der Waals surface area contributed by atoms with Gasteiger partial charge in [0.2, 0.25) is 0 Å². The van der Waals surface area contributed by atoms with Crippen molar-refractivity contribution < 1.29 is 9.53 Å². The summed E-state index contributed by atoms with van der Waals surface area (Å²) in [7, 11) is 1.38. The zero-order chi connectivity index (χ0) is 14.5. The molecule has 2 rings (SSSR count). The first-order valence-corrected chi connectivity index (χ1v) is 7.52. The van der Waals surface area contributed by atoms with E-state index >= 15 is 0 Å². The second-order valence-electron chi connectivity index (χ2n) is 5.01. The predicted molar refractivity (Wildman–Crippen MR) is 80.9 cm³/mol. The molecule has 0 aliphatic rings. The number of hydrogen-bond acceptors (Lipinski definition) is 4. The molecule has 2 aromatic heterocycles. The largest absolute Gasteiger partial charge is 0.464 e. The number of carbonyl (C=O) groups is 1. The number of aromatic amines is 1. The van der Waals surface area contributed by atoms with Crippen LogP contribution in [-0.4, -0.2) is 18.1 Å². The van der Waals surface area contributed by atoms with Crippen molar-refractivity contribution in [1.82, 2.24) is 10.3 Å². The summed E-state index contributed by atoms with van der Waals surface area (Å²) in [6.45, 7) is 5.09. The molecule has 2 N–H and O–H groups in total. The summed E-state index contributed by atoms with van der Waals surface area (Å²) in [5.74, 6) is 0.165. The number of aromatic nitrogens is 1. The van der Waals surface area contributed by atoms with Gasteiger partial charge in [-0.05, 0) is 29.5 Å². The van der Waals surface area contributed by atoms with Crippen LogP contribution in [0.5, 0.6) is 0 Å². The molecule has 0 bridgehead atoms. The molecule has 0 spiro atoms. The maximum absolute atomic E-state index is 11.4. The Bertz CT molecular complexity index is 546. The Morgan fingerprint density at radius 1 is 1.40 bits per heavy atom. The molecule has 108 valence electrons. The van der Waals surface area contributed by atoms with E-state index in [1.165, 1.54) is 12.0 Å². The van der Waals surface area contributed by atoms with Crippen LogP contribution in [0.3, 0.4) is 0 Å². The molecule has 0 saturated heterocycles. The molecule has 0 fully saturated rings. The summed E-state index contributed by atoms with van der Waals surface area (Å²) >= 11 is 1.76. The Labute approximate surface area is 123 Å². The molecule has 0 radical (unpaired) electrons. The first-order valence-electron chi connectivity index (χ1n) is 6.64. The number of H-pyrrole nitrogens is 1. The van der Waals surface area contributed by atoms with Crippen LogP contribution in [0.4, 0.5) is 0 Å². The van der Waals surface area contributed by atoms with Gasteiger partial charge in [-0.3, -0.25) is 0 Å². The molecular weight excluding hydrogens is 272 g/mol. The number of rotatable bonds is 6. The summed E-state index contributed by atoms with van der Waals surface area (Å²) in [6.07, 6.45) is 0. The molecule has 4 nitrogen and oxygen atoms in total. The number of methoxy groups -OCH3 is 1. The van der Waals surface area contributed by atoms with Crippen LogP contribution in [0.15, 0.2) is 29.6 Å². The minimum Gasteiger partial charge on any atom is -0.464 e. The van der Waals surface area contributed by atoms with E-state index in [-0.39, 0.29) is 5.97 Å². The molecule has 0 aliphatic carbocycles. The van der Waals surface area contributed by atoms with Gasteiger partial charge in [0.1, 0.15) is 5.69 Å². The maximum Gasteiger partial charge on any atom is 0.354 e. The van der Waals surface area contributed by atoms with Crippen molar-refractivity contribution in [2.45, 2.75) is 26.4 Å². The van der Waals surface area contributed by atoms with Crippen LogP contribution in [0, 0.1) is 5.92 Å². The van der Waals surface area contributed by atoms with E-state index in [2.05, 4.69) is 46.4 Å². The third-order valence-corrected chi connectivity index (χ3v) is 4.14. The van der Waals surface area contributed by atoms with Crippen molar-refractivity contribution >= 4 is 17.3 Å². The van der Waals surface area contributed by atoms with Crippen molar-refractivity contribution in [1.29, 1.82) is 0 Å². The van der Waals surface area contributed by atoms with Gasteiger partial charge in [0.25, 0.3) is 0 Å². The summed E-state index contributed by atoms with van der Waals surface area (Å²) in [4.78, 5) is 15.8. The lowest BCUT2D eigenvalue weighted by Gasteiger charge is -2.21. The van der Waals surface area contributed by atoms with Crippen LogP contribution in [0.2, 0.25) is 0 Å². The van der Waals surface area contributed by atoms with E-state index in [0.717, 1.165) is 5.69 Å². The fourth-order valence-corrected chi connectivity index (χ4v) is 3.10. The molecule has 5 heteroatoms. The second-order valence-corrected chi connectivity index (χ2v) is 5.99. The van der Waals surface area contributed by atoms with Crippen molar-refractivity contribution in [2.75, 3.05) is 7.11 Å².